The molecule has 1 aromatic heterocycles. The minimum absolute atomic E-state index is 0.121. The fourth-order valence-corrected chi connectivity index (χ4v) is 3.97. The lowest BCUT2D eigenvalue weighted by molar-refractivity contribution is -0.396. The summed E-state index contributed by atoms with van der Waals surface area (Å²) < 4.78 is 6.95. The molecule has 1 aromatic carbocycles. The fraction of sp³-hybridized carbons (Fsp3) is 0.471. The zero-order chi connectivity index (χ0) is 17.6. The van der Waals surface area contributed by atoms with E-state index in [4.69, 9.17) is 4.74 Å². The van der Waals surface area contributed by atoms with E-state index in [1.54, 1.807) is 10.8 Å². The van der Waals surface area contributed by atoms with Crippen molar-refractivity contribution in [3.63, 3.8) is 0 Å². The van der Waals surface area contributed by atoms with E-state index in [-0.39, 0.29) is 5.95 Å². The van der Waals surface area contributed by atoms with Gasteiger partial charge in [0, 0.05) is 30.3 Å². The van der Waals surface area contributed by atoms with E-state index >= 15 is 0 Å². The number of nitro groups is 1. The highest BCUT2D eigenvalue weighted by molar-refractivity contribution is 7.99. The second-order valence-electron chi connectivity index (χ2n) is 5.96. The lowest BCUT2D eigenvalue weighted by Crippen LogP contribution is -2.37. The molecule has 0 atom stereocenters. The van der Waals surface area contributed by atoms with Crippen molar-refractivity contribution in [1.29, 1.82) is 0 Å². The summed E-state index contributed by atoms with van der Waals surface area (Å²) in [5.74, 6) is 0.903. The molecule has 2 aromatic rings. The molecule has 1 aliphatic rings. The molecular formula is C17H22N4O3S. The number of thioether (sulfide) groups is 1. The number of ether oxygens (including phenoxy) is 1. The van der Waals surface area contributed by atoms with Crippen LogP contribution in [-0.4, -0.2) is 58.0 Å². The Bertz CT molecular complexity index is 728. The summed E-state index contributed by atoms with van der Waals surface area (Å²) in [4.78, 5) is 18.0. The van der Waals surface area contributed by atoms with Gasteiger partial charge in [0.25, 0.3) is 0 Å². The average Bonchev–Trinajstić information content (AvgIpc) is 3.07. The molecule has 1 aliphatic heterocycles. The van der Waals surface area contributed by atoms with Gasteiger partial charge in [0.05, 0.1) is 19.8 Å². The Morgan fingerprint density at radius 1 is 1.36 bits per heavy atom. The molecule has 7 nitrogen and oxygen atoms in total. The van der Waals surface area contributed by atoms with Crippen molar-refractivity contribution >= 4 is 17.7 Å². The van der Waals surface area contributed by atoms with Crippen LogP contribution in [0.1, 0.15) is 11.1 Å². The lowest BCUT2D eigenvalue weighted by Gasteiger charge is -2.26. The molecular weight excluding hydrogens is 340 g/mol. The molecule has 0 saturated carbocycles. The third-order valence-corrected chi connectivity index (χ3v) is 5.50. The predicted molar refractivity (Wildman–Crippen MR) is 97.1 cm³/mol. The molecule has 0 aliphatic carbocycles. The standard InChI is InChI=1S/C17H22N4O3S/c1-14-15(13-20-6-5-18-17(20)21(22)23)3-2-4-16(14)25-12-9-19-7-10-24-11-8-19/h2-6H,7-13H2,1H3. The third kappa shape index (κ3) is 4.59. The Kier molecular flexibility index (Phi) is 6.06. The molecule has 0 N–H and O–H groups in total. The first-order valence-electron chi connectivity index (χ1n) is 8.32. The van der Waals surface area contributed by atoms with Crippen molar-refractivity contribution in [2.24, 2.45) is 0 Å². The molecule has 0 unspecified atom stereocenters. The van der Waals surface area contributed by atoms with E-state index in [0.717, 1.165) is 44.2 Å². The van der Waals surface area contributed by atoms with Gasteiger partial charge in [-0.2, -0.15) is 0 Å². The van der Waals surface area contributed by atoms with E-state index in [2.05, 4.69) is 22.9 Å². The lowest BCUT2D eigenvalue weighted by atomic mass is 10.1. The summed E-state index contributed by atoms with van der Waals surface area (Å²) in [6.45, 7) is 7.24. The van der Waals surface area contributed by atoms with Crippen molar-refractivity contribution in [3.8, 4) is 0 Å². The second kappa shape index (κ2) is 8.46. The maximum Gasteiger partial charge on any atom is 0.434 e. The van der Waals surface area contributed by atoms with Gasteiger partial charge < -0.3 is 14.9 Å². The minimum atomic E-state index is -0.448. The van der Waals surface area contributed by atoms with E-state index in [1.807, 2.05) is 23.9 Å². The molecule has 0 bridgehead atoms. The van der Waals surface area contributed by atoms with Gasteiger partial charge in [0.2, 0.25) is 0 Å². The number of benzene rings is 1. The van der Waals surface area contributed by atoms with E-state index in [0.29, 0.717) is 6.54 Å². The van der Waals surface area contributed by atoms with Gasteiger partial charge in [-0.15, -0.1) is 11.8 Å². The molecule has 1 saturated heterocycles. The zero-order valence-corrected chi connectivity index (χ0v) is 15.1. The number of hydrogen-bond acceptors (Lipinski definition) is 6. The van der Waals surface area contributed by atoms with Gasteiger partial charge in [-0.1, -0.05) is 17.1 Å². The quantitative estimate of drug-likeness (QED) is 0.428. The molecule has 3 rings (SSSR count). The van der Waals surface area contributed by atoms with Crippen LogP contribution in [0.4, 0.5) is 5.95 Å². The van der Waals surface area contributed by atoms with E-state index in [9.17, 15) is 10.1 Å². The third-order valence-electron chi connectivity index (χ3n) is 4.36. The molecule has 0 radical (unpaired) electrons. The number of imidazole rings is 1. The Morgan fingerprint density at radius 3 is 2.92 bits per heavy atom. The van der Waals surface area contributed by atoms with Crippen molar-refractivity contribution in [3.05, 3.63) is 51.8 Å². The Hall–Kier alpha value is -1.90. The molecule has 2 heterocycles. The van der Waals surface area contributed by atoms with Crippen LogP contribution in [0, 0.1) is 17.0 Å². The summed E-state index contributed by atoms with van der Waals surface area (Å²) in [5, 5.41) is 11.0. The van der Waals surface area contributed by atoms with Crippen molar-refractivity contribution in [2.75, 3.05) is 38.6 Å². The minimum Gasteiger partial charge on any atom is -0.390 e. The van der Waals surface area contributed by atoms with Crippen LogP contribution < -0.4 is 0 Å². The molecule has 8 heteroatoms. The van der Waals surface area contributed by atoms with Crippen LogP contribution in [0.3, 0.4) is 0 Å². The van der Waals surface area contributed by atoms with Gasteiger partial charge in [-0.3, -0.25) is 4.90 Å². The topological polar surface area (TPSA) is 73.4 Å². The summed E-state index contributed by atoms with van der Waals surface area (Å²) in [5.41, 5.74) is 2.26. The highest BCUT2D eigenvalue weighted by atomic mass is 32.2. The van der Waals surface area contributed by atoms with Crippen molar-refractivity contribution in [1.82, 2.24) is 14.5 Å². The molecule has 0 amide bonds. The predicted octanol–water partition coefficient (Wildman–Crippen LogP) is 2.57. The number of aromatic nitrogens is 2. The highest BCUT2D eigenvalue weighted by Gasteiger charge is 2.16. The van der Waals surface area contributed by atoms with Gasteiger partial charge in [0.15, 0.2) is 0 Å². The molecule has 25 heavy (non-hydrogen) atoms. The first-order chi connectivity index (χ1) is 12.1. The maximum absolute atomic E-state index is 11.0. The smallest absolute Gasteiger partial charge is 0.390 e. The number of morpholine rings is 1. The van der Waals surface area contributed by atoms with Crippen LogP contribution in [0.5, 0.6) is 0 Å². The van der Waals surface area contributed by atoms with Gasteiger partial charge in [-0.05, 0) is 29.0 Å². The highest BCUT2D eigenvalue weighted by Crippen LogP contribution is 2.26. The second-order valence-corrected chi connectivity index (χ2v) is 7.09. The van der Waals surface area contributed by atoms with Crippen LogP contribution in [0.25, 0.3) is 0 Å². The van der Waals surface area contributed by atoms with Gasteiger partial charge in [0.1, 0.15) is 12.4 Å². The van der Waals surface area contributed by atoms with Gasteiger partial charge >= 0.3 is 5.95 Å². The summed E-state index contributed by atoms with van der Waals surface area (Å²) >= 11 is 1.84. The van der Waals surface area contributed by atoms with E-state index < -0.39 is 4.92 Å². The van der Waals surface area contributed by atoms with Crippen molar-refractivity contribution in [2.45, 2.75) is 18.4 Å². The number of nitrogens with zero attached hydrogens (tertiary/aromatic N) is 4. The SMILES string of the molecule is Cc1c(Cn2ccnc2[N+](=O)[O-])cccc1SCCN1CCOCC1. The summed E-state index contributed by atoms with van der Waals surface area (Å²) in [7, 11) is 0. The first-order valence-corrected chi connectivity index (χ1v) is 9.30. The fourth-order valence-electron chi connectivity index (χ4n) is 2.88. The largest absolute Gasteiger partial charge is 0.434 e. The Labute approximate surface area is 151 Å². The normalized spacial score (nSPS) is 15.4. The average molecular weight is 362 g/mol. The molecule has 134 valence electrons. The monoisotopic (exact) mass is 362 g/mol. The van der Waals surface area contributed by atoms with Crippen LogP contribution in [0.2, 0.25) is 0 Å². The Balaban J connectivity index is 1.63. The molecule has 0 spiro atoms. The van der Waals surface area contributed by atoms with Crippen LogP contribution in [0.15, 0.2) is 35.5 Å². The van der Waals surface area contributed by atoms with Crippen LogP contribution >= 0.6 is 11.8 Å². The molecule has 1 fully saturated rings. The Morgan fingerprint density at radius 2 is 2.16 bits per heavy atom. The summed E-state index contributed by atoms with van der Waals surface area (Å²) in [6.07, 6.45) is 3.12. The van der Waals surface area contributed by atoms with Crippen molar-refractivity contribution < 1.29 is 9.66 Å². The summed E-state index contributed by atoms with van der Waals surface area (Å²) in [6, 6.07) is 6.15. The van der Waals surface area contributed by atoms with Gasteiger partial charge in [-0.25, -0.2) is 4.57 Å². The first kappa shape index (κ1) is 17.9. The number of hydrogen-bond donors (Lipinski definition) is 0. The zero-order valence-electron chi connectivity index (χ0n) is 14.3. The number of rotatable bonds is 7. The van der Waals surface area contributed by atoms with Crippen LogP contribution in [-0.2, 0) is 11.3 Å². The maximum atomic E-state index is 11.0. The van der Waals surface area contributed by atoms with E-state index in [1.165, 1.54) is 16.7 Å².